The number of likely N-dealkylation sites (tertiary alicyclic amines) is 1. The lowest BCUT2D eigenvalue weighted by Crippen LogP contribution is -2.42. The van der Waals surface area contributed by atoms with E-state index in [9.17, 15) is 9.90 Å². The van der Waals surface area contributed by atoms with Crippen molar-refractivity contribution in [3.8, 4) is 5.75 Å². The lowest BCUT2D eigenvalue weighted by molar-refractivity contribution is -0.147. The highest BCUT2D eigenvalue weighted by Crippen LogP contribution is 2.19. The second-order valence-corrected chi connectivity index (χ2v) is 8.28. The Balaban J connectivity index is 1.71. The highest BCUT2D eigenvalue weighted by atomic mass is 16.5. The van der Waals surface area contributed by atoms with E-state index < -0.39 is 6.10 Å². The summed E-state index contributed by atoms with van der Waals surface area (Å²) in [5.74, 6) is 0.600. The number of nitrogens with zero attached hydrogens (tertiary/aromatic N) is 1. The van der Waals surface area contributed by atoms with Gasteiger partial charge in [-0.3, -0.25) is 4.79 Å². The van der Waals surface area contributed by atoms with E-state index in [1.54, 1.807) is 7.11 Å². The third-order valence-corrected chi connectivity index (χ3v) is 5.36. The summed E-state index contributed by atoms with van der Waals surface area (Å²) in [6.07, 6.45) is 0.971. The summed E-state index contributed by atoms with van der Waals surface area (Å²) in [5, 5.41) is 13.7. The van der Waals surface area contributed by atoms with Gasteiger partial charge in [0.25, 0.3) is 0 Å². The Labute approximate surface area is 174 Å². The molecule has 1 aromatic rings. The summed E-state index contributed by atoms with van der Waals surface area (Å²) in [4.78, 5) is 13.8. The first-order valence-corrected chi connectivity index (χ1v) is 10.3. The molecular weight excluding hydrogens is 372 g/mol. The number of aliphatic hydroxyl groups is 1. The van der Waals surface area contributed by atoms with Crippen LogP contribution in [-0.4, -0.2) is 74.7 Å². The van der Waals surface area contributed by atoms with Crippen LogP contribution < -0.4 is 10.1 Å². The maximum Gasteiger partial charge on any atom is 0.308 e. The van der Waals surface area contributed by atoms with E-state index in [0.29, 0.717) is 6.54 Å². The quantitative estimate of drug-likeness (QED) is 0.541. The summed E-state index contributed by atoms with van der Waals surface area (Å²) in [6, 6.07) is 7.89. The summed E-state index contributed by atoms with van der Waals surface area (Å²) < 4.78 is 16.0. The van der Waals surface area contributed by atoms with E-state index in [-0.39, 0.29) is 24.1 Å². The molecule has 0 saturated carbocycles. The average molecular weight is 409 g/mol. The second kappa shape index (κ2) is 11.5. The molecule has 1 atom stereocenters. The fourth-order valence-electron chi connectivity index (χ4n) is 3.39. The molecule has 164 valence electrons. The van der Waals surface area contributed by atoms with Crippen LogP contribution in [0.25, 0.3) is 0 Å². The van der Waals surface area contributed by atoms with Crippen LogP contribution >= 0.6 is 0 Å². The van der Waals surface area contributed by atoms with Gasteiger partial charge in [-0.1, -0.05) is 12.1 Å². The Bertz CT molecular complexity index is 629. The molecule has 7 nitrogen and oxygen atoms in total. The number of hydrogen-bond donors (Lipinski definition) is 2. The minimum Gasteiger partial charge on any atom is -0.491 e. The van der Waals surface area contributed by atoms with Crippen LogP contribution in [0.3, 0.4) is 0 Å². The number of rotatable bonds is 11. The van der Waals surface area contributed by atoms with Gasteiger partial charge in [-0.2, -0.15) is 0 Å². The van der Waals surface area contributed by atoms with Crippen molar-refractivity contribution in [1.29, 1.82) is 0 Å². The molecule has 0 unspecified atom stereocenters. The molecule has 0 amide bonds. The number of benzene rings is 1. The second-order valence-electron chi connectivity index (χ2n) is 8.28. The minimum absolute atomic E-state index is 0.0181. The average Bonchev–Trinajstić information content (AvgIpc) is 2.72. The van der Waals surface area contributed by atoms with Crippen LogP contribution in [0.4, 0.5) is 0 Å². The zero-order valence-electron chi connectivity index (χ0n) is 18.1. The van der Waals surface area contributed by atoms with Crippen molar-refractivity contribution in [3.63, 3.8) is 0 Å². The number of aliphatic hydroxyl groups excluding tert-OH is 1. The predicted molar refractivity (Wildman–Crippen MR) is 112 cm³/mol. The molecule has 7 heteroatoms. The molecule has 0 aromatic heterocycles. The molecule has 29 heavy (non-hydrogen) atoms. The number of carbonyl (C=O) groups excluding carboxylic acids is 1. The van der Waals surface area contributed by atoms with E-state index in [1.165, 1.54) is 7.11 Å². The fraction of sp³-hybridized carbons (Fsp3) is 0.682. The van der Waals surface area contributed by atoms with Crippen molar-refractivity contribution in [2.24, 2.45) is 5.92 Å². The number of β-amino-alcohol motifs (C(OH)–C–C–N with tert-alkyl or cyclic N) is 1. The first kappa shape index (κ1) is 23.6. The van der Waals surface area contributed by atoms with Gasteiger partial charge < -0.3 is 29.5 Å². The molecule has 1 aromatic carbocycles. The van der Waals surface area contributed by atoms with Crippen molar-refractivity contribution in [2.45, 2.75) is 44.9 Å². The van der Waals surface area contributed by atoms with Crippen molar-refractivity contribution in [1.82, 2.24) is 10.2 Å². The van der Waals surface area contributed by atoms with Crippen molar-refractivity contribution in [3.05, 3.63) is 29.8 Å². The standard InChI is InChI=1S/C22H36N2O5/c1-22(2,28-4)16-23-13-17-6-5-7-20(12-17)29-15-19(25)14-24-10-8-18(9-11-24)21(26)27-3/h5-7,12,18-19,23,25H,8-11,13-16H2,1-4H3/t19-/m1/s1. The third kappa shape index (κ3) is 8.30. The Morgan fingerprint density at radius 3 is 2.69 bits per heavy atom. The zero-order valence-corrected chi connectivity index (χ0v) is 18.1. The van der Waals surface area contributed by atoms with Gasteiger partial charge in [-0.15, -0.1) is 0 Å². The number of esters is 1. The number of piperidine rings is 1. The van der Waals surface area contributed by atoms with Crippen LogP contribution in [0.5, 0.6) is 5.75 Å². The van der Waals surface area contributed by atoms with E-state index in [4.69, 9.17) is 14.2 Å². The van der Waals surface area contributed by atoms with Crippen LogP contribution in [-0.2, 0) is 20.8 Å². The fourth-order valence-corrected chi connectivity index (χ4v) is 3.39. The van der Waals surface area contributed by atoms with E-state index in [1.807, 2.05) is 38.1 Å². The molecule has 0 spiro atoms. The maximum atomic E-state index is 11.6. The Hall–Kier alpha value is -1.67. The number of carbonyl (C=O) groups is 1. The molecule has 1 aliphatic heterocycles. The molecule has 1 saturated heterocycles. The lowest BCUT2D eigenvalue weighted by Gasteiger charge is -2.31. The van der Waals surface area contributed by atoms with Crippen LogP contribution in [0, 0.1) is 5.92 Å². The summed E-state index contributed by atoms with van der Waals surface area (Å²) in [5.41, 5.74) is 0.914. The molecular formula is C22H36N2O5. The normalized spacial score (nSPS) is 17.1. The van der Waals surface area contributed by atoms with Crippen LogP contribution in [0.2, 0.25) is 0 Å². The maximum absolute atomic E-state index is 11.6. The van der Waals surface area contributed by atoms with Gasteiger partial charge in [0, 0.05) is 26.7 Å². The van der Waals surface area contributed by atoms with Gasteiger partial charge in [-0.25, -0.2) is 0 Å². The number of ether oxygens (including phenoxy) is 3. The van der Waals surface area contributed by atoms with Crippen LogP contribution in [0.1, 0.15) is 32.3 Å². The Kier molecular flexibility index (Phi) is 9.36. The highest BCUT2D eigenvalue weighted by Gasteiger charge is 2.26. The summed E-state index contributed by atoms with van der Waals surface area (Å²) in [6.45, 7) is 7.91. The van der Waals surface area contributed by atoms with E-state index >= 15 is 0 Å². The first-order valence-electron chi connectivity index (χ1n) is 10.3. The molecule has 0 aliphatic carbocycles. The largest absolute Gasteiger partial charge is 0.491 e. The SMILES string of the molecule is COC(=O)C1CCN(C[C@@H](O)COc2cccc(CNCC(C)(C)OC)c2)CC1. The van der Waals surface area contributed by atoms with Crippen molar-refractivity contribution >= 4 is 5.97 Å². The Morgan fingerprint density at radius 2 is 2.03 bits per heavy atom. The number of nitrogens with one attached hydrogen (secondary N) is 1. The van der Waals surface area contributed by atoms with Gasteiger partial charge in [-0.05, 0) is 57.5 Å². The smallest absolute Gasteiger partial charge is 0.308 e. The van der Waals surface area contributed by atoms with Gasteiger partial charge in [0.05, 0.1) is 18.6 Å². The van der Waals surface area contributed by atoms with E-state index in [0.717, 1.165) is 50.3 Å². The topological polar surface area (TPSA) is 80.3 Å². The number of methoxy groups -OCH3 is 2. The Morgan fingerprint density at radius 1 is 1.31 bits per heavy atom. The summed E-state index contributed by atoms with van der Waals surface area (Å²) >= 11 is 0. The van der Waals surface area contributed by atoms with E-state index in [2.05, 4.69) is 10.2 Å². The molecule has 0 bridgehead atoms. The van der Waals surface area contributed by atoms with Gasteiger partial charge >= 0.3 is 5.97 Å². The van der Waals surface area contributed by atoms with Gasteiger partial charge in [0.1, 0.15) is 18.5 Å². The third-order valence-electron chi connectivity index (χ3n) is 5.36. The molecule has 1 heterocycles. The highest BCUT2D eigenvalue weighted by molar-refractivity contribution is 5.72. The lowest BCUT2D eigenvalue weighted by atomic mass is 9.97. The minimum atomic E-state index is -0.575. The molecule has 1 fully saturated rings. The molecule has 0 radical (unpaired) electrons. The van der Waals surface area contributed by atoms with Crippen LogP contribution in [0.15, 0.2) is 24.3 Å². The molecule has 2 rings (SSSR count). The van der Waals surface area contributed by atoms with Crippen molar-refractivity contribution in [2.75, 3.05) is 47.0 Å². The summed E-state index contributed by atoms with van der Waals surface area (Å²) in [7, 11) is 3.14. The first-order chi connectivity index (χ1) is 13.8. The van der Waals surface area contributed by atoms with Gasteiger partial charge in [0.15, 0.2) is 0 Å². The number of hydrogen-bond acceptors (Lipinski definition) is 7. The molecule has 1 aliphatic rings. The van der Waals surface area contributed by atoms with Crippen molar-refractivity contribution < 1.29 is 24.1 Å². The predicted octanol–water partition coefficient (Wildman–Crippen LogP) is 1.83. The monoisotopic (exact) mass is 408 g/mol. The molecule has 2 N–H and O–H groups in total. The zero-order chi connectivity index (χ0) is 21.3. The van der Waals surface area contributed by atoms with Gasteiger partial charge in [0.2, 0.25) is 0 Å².